The van der Waals surface area contributed by atoms with E-state index in [9.17, 15) is 0 Å². The second-order valence-electron chi connectivity index (χ2n) is 6.20. The molecule has 0 aliphatic carbocycles. The highest BCUT2D eigenvalue weighted by Crippen LogP contribution is 2.27. The molecule has 0 saturated heterocycles. The molecule has 0 fully saturated rings. The summed E-state index contributed by atoms with van der Waals surface area (Å²) in [5.74, 6) is 1.43. The molecule has 0 saturated carbocycles. The van der Waals surface area contributed by atoms with E-state index in [0.29, 0.717) is 12.3 Å². The first-order valence-corrected chi connectivity index (χ1v) is 8.85. The van der Waals surface area contributed by atoms with Crippen molar-refractivity contribution in [2.75, 3.05) is 14.2 Å². The molecule has 0 spiro atoms. The fourth-order valence-corrected chi connectivity index (χ4v) is 3.22. The number of allylic oxidation sites excluding steroid dienone is 1. The second kappa shape index (κ2) is 8.45. The number of benzene rings is 2. The van der Waals surface area contributed by atoms with E-state index in [0.717, 1.165) is 23.4 Å². The maximum absolute atomic E-state index is 5.34. The van der Waals surface area contributed by atoms with Gasteiger partial charge >= 0.3 is 0 Å². The fraction of sp³-hybridized carbons (Fsp3) is 0.227. The summed E-state index contributed by atoms with van der Waals surface area (Å²) in [6, 6.07) is 14.2. The van der Waals surface area contributed by atoms with Crippen molar-refractivity contribution in [1.29, 1.82) is 0 Å². The van der Waals surface area contributed by atoms with E-state index in [1.54, 1.807) is 14.2 Å². The molecule has 0 unspecified atom stereocenters. The molecule has 0 radical (unpaired) electrons. The van der Waals surface area contributed by atoms with Crippen molar-refractivity contribution in [3.63, 3.8) is 0 Å². The van der Waals surface area contributed by atoms with Gasteiger partial charge < -0.3 is 19.5 Å². The van der Waals surface area contributed by atoms with Crippen LogP contribution in [0.2, 0.25) is 0 Å². The van der Waals surface area contributed by atoms with Crippen LogP contribution in [0.3, 0.4) is 0 Å². The van der Waals surface area contributed by atoms with Gasteiger partial charge in [-0.3, -0.25) is 0 Å². The maximum Gasteiger partial charge on any atom is 0.161 e. The summed E-state index contributed by atoms with van der Waals surface area (Å²) < 4.78 is 12.9. The number of fused-ring (bicyclic) bond motifs is 1. The number of aromatic nitrogens is 1. The normalized spacial score (nSPS) is 11.1. The first-order valence-electron chi connectivity index (χ1n) is 8.85. The van der Waals surface area contributed by atoms with Crippen LogP contribution in [0.4, 0.5) is 0 Å². The van der Waals surface area contributed by atoms with Crippen molar-refractivity contribution in [2.45, 2.75) is 20.0 Å². The molecular formula is C22H25N3O2. The van der Waals surface area contributed by atoms with E-state index < -0.39 is 0 Å². The average Bonchev–Trinajstić information content (AvgIpc) is 2.97. The molecule has 3 aromatic rings. The zero-order valence-electron chi connectivity index (χ0n) is 16.0. The number of hydrazone groups is 1. The summed E-state index contributed by atoms with van der Waals surface area (Å²) >= 11 is 0. The Labute approximate surface area is 159 Å². The number of nitrogens with one attached hydrogen (secondary N) is 1. The van der Waals surface area contributed by atoms with Gasteiger partial charge in [0.2, 0.25) is 0 Å². The van der Waals surface area contributed by atoms with Gasteiger partial charge in [-0.15, -0.1) is 6.58 Å². The summed E-state index contributed by atoms with van der Waals surface area (Å²) in [6.07, 6.45) is 3.80. The molecule has 1 aromatic heterocycles. The molecule has 27 heavy (non-hydrogen) atoms. The quantitative estimate of drug-likeness (QED) is 0.369. The molecule has 3 rings (SSSR count). The van der Waals surface area contributed by atoms with E-state index in [4.69, 9.17) is 9.47 Å². The van der Waals surface area contributed by atoms with Gasteiger partial charge in [0.25, 0.3) is 0 Å². The molecule has 2 aromatic carbocycles. The van der Waals surface area contributed by atoms with Crippen molar-refractivity contribution in [1.82, 2.24) is 9.99 Å². The number of nitrogens with zero attached hydrogens (tertiary/aromatic N) is 2. The molecule has 1 N–H and O–H groups in total. The Morgan fingerprint density at radius 2 is 1.89 bits per heavy atom. The molecule has 0 amide bonds. The summed E-state index contributed by atoms with van der Waals surface area (Å²) in [6.45, 7) is 7.35. The van der Waals surface area contributed by atoms with E-state index >= 15 is 0 Å². The first kappa shape index (κ1) is 18.6. The van der Waals surface area contributed by atoms with Crippen LogP contribution in [-0.2, 0) is 13.1 Å². The smallest absolute Gasteiger partial charge is 0.161 e. The highest BCUT2D eigenvalue weighted by Gasteiger charge is 2.11. The van der Waals surface area contributed by atoms with Gasteiger partial charge in [0, 0.05) is 28.7 Å². The number of hydrogen-bond acceptors (Lipinski definition) is 4. The molecule has 0 atom stereocenters. The summed E-state index contributed by atoms with van der Waals surface area (Å²) in [7, 11) is 3.26. The molecule has 0 aliphatic heterocycles. The predicted octanol–water partition coefficient (Wildman–Crippen LogP) is 4.28. The Hall–Kier alpha value is -3.21. The van der Waals surface area contributed by atoms with Crippen molar-refractivity contribution >= 4 is 17.1 Å². The highest BCUT2D eigenvalue weighted by atomic mass is 16.5. The number of para-hydroxylation sites is 1. The molecule has 0 aliphatic rings. The molecular weight excluding hydrogens is 338 g/mol. The monoisotopic (exact) mass is 363 g/mol. The van der Waals surface area contributed by atoms with Crippen molar-refractivity contribution in [2.24, 2.45) is 5.10 Å². The molecule has 140 valence electrons. The standard InChI is InChI=1S/C22H25N3O2/c1-5-12-25-16(2)19(18-8-6-7-9-20(18)25)15-24-23-14-17-10-11-21(26-3)22(13-17)27-4/h5-11,13,15,23H,1,12,14H2,2-4H3/b24-15-. The summed E-state index contributed by atoms with van der Waals surface area (Å²) in [4.78, 5) is 0. The van der Waals surface area contributed by atoms with E-state index in [-0.39, 0.29) is 0 Å². The Morgan fingerprint density at radius 1 is 1.11 bits per heavy atom. The Kier molecular flexibility index (Phi) is 5.81. The lowest BCUT2D eigenvalue weighted by Gasteiger charge is -2.09. The summed E-state index contributed by atoms with van der Waals surface area (Å²) in [5.41, 5.74) is 7.66. The topological polar surface area (TPSA) is 47.8 Å². The van der Waals surface area contributed by atoms with Crippen LogP contribution in [0, 0.1) is 6.92 Å². The van der Waals surface area contributed by atoms with Crippen LogP contribution < -0.4 is 14.9 Å². The molecule has 5 heteroatoms. The predicted molar refractivity (Wildman–Crippen MR) is 111 cm³/mol. The van der Waals surface area contributed by atoms with Crippen LogP contribution in [0.25, 0.3) is 10.9 Å². The fourth-order valence-electron chi connectivity index (χ4n) is 3.22. The minimum atomic E-state index is 0.598. The number of ether oxygens (including phenoxy) is 2. The van der Waals surface area contributed by atoms with Crippen LogP contribution >= 0.6 is 0 Å². The minimum absolute atomic E-state index is 0.598. The largest absolute Gasteiger partial charge is 0.493 e. The van der Waals surface area contributed by atoms with Crippen LogP contribution in [0.1, 0.15) is 16.8 Å². The lowest BCUT2D eigenvalue weighted by molar-refractivity contribution is 0.354. The maximum atomic E-state index is 5.34. The SMILES string of the molecule is C=CCn1c(C)c(/C=N\NCc2ccc(OC)c(OC)c2)c2ccccc21. The summed E-state index contributed by atoms with van der Waals surface area (Å²) in [5, 5.41) is 5.62. The van der Waals surface area contributed by atoms with E-state index in [1.165, 1.54) is 16.6 Å². The van der Waals surface area contributed by atoms with Gasteiger partial charge in [0.15, 0.2) is 11.5 Å². The first-order chi connectivity index (χ1) is 13.2. The van der Waals surface area contributed by atoms with Crippen molar-refractivity contribution in [3.8, 4) is 11.5 Å². The minimum Gasteiger partial charge on any atom is -0.493 e. The van der Waals surface area contributed by atoms with Gasteiger partial charge in [0.05, 0.1) is 27.0 Å². The number of hydrogen-bond donors (Lipinski definition) is 1. The van der Waals surface area contributed by atoms with Crippen LogP contribution in [0.5, 0.6) is 11.5 Å². The second-order valence-corrected chi connectivity index (χ2v) is 6.20. The van der Waals surface area contributed by atoms with Gasteiger partial charge in [-0.25, -0.2) is 0 Å². The van der Waals surface area contributed by atoms with Gasteiger partial charge in [-0.05, 0) is 30.7 Å². The Balaban J connectivity index is 1.77. The zero-order chi connectivity index (χ0) is 19.2. The van der Waals surface area contributed by atoms with E-state index in [1.807, 2.05) is 30.5 Å². The average molecular weight is 363 g/mol. The molecule has 1 heterocycles. The molecule has 0 bridgehead atoms. The Bertz CT molecular complexity index is 973. The third kappa shape index (κ3) is 3.82. The lowest BCUT2D eigenvalue weighted by Crippen LogP contribution is -2.06. The van der Waals surface area contributed by atoms with Crippen LogP contribution in [0.15, 0.2) is 60.2 Å². The highest BCUT2D eigenvalue weighted by molar-refractivity contribution is 6.01. The number of methoxy groups -OCH3 is 2. The van der Waals surface area contributed by atoms with Gasteiger partial charge in [-0.1, -0.05) is 30.3 Å². The van der Waals surface area contributed by atoms with Crippen molar-refractivity contribution in [3.05, 3.63) is 71.9 Å². The zero-order valence-corrected chi connectivity index (χ0v) is 16.0. The van der Waals surface area contributed by atoms with Gasteiger partial charge in [-0.2, -0.15) is 5.10 Å². The van der Waals surface area contributed by atoms with Gasteiger partial charge in [0.1, 0.15) is 0 Å². The Morgan fingerprint density at radius 3 is 2.63 bits per heavy atom. The number of rotatable bonds is 8. The lowest BCUT2D eigenvalue weighted by atomic mass is 10.1. The van der Waals surface area contributed by atoms with Crippen LogP contribution in [-0.4, -0.2) is 25.0 Å². The van der Waals surface area contributed by atoms with E-state index in [2.05, 4.69) is 52.9 Å². The third-order valence-electron chi connectivity index (χ3n) is 4.61. The molecule has 5 nitrogen and oxygen atoms in total. The van der Waals surface area contributed by atoms with Crippen molar-refractivity contribution < 1.29 is 9.47 Å². The third-order valence-corrected chi connectivity index (χ3v) is 4.61.